The summed E-state index contributed by atoms with van der Waals surface area (Å²) in [6.45, 7) is 0.328. The molecule has 5 nitrogen and oxygen atoms in total. The molecule has 1 heterocycles. The van der Waals surface area contributed by atoms with Gasteiger partial charge < -0.3 is 19.5 Å². The minimum Gasteiger partial charge on any atom is -0.497 e. The van der Waals surface area contributed by atoms with Gasteiger partial charge in [0, 0.05) is 36.3 Å². The van der Waals surface area contributed by atoms with Crippen molar-refractivity contribution in [1.29, 1.82) is 0 Å². The summed E-state index contributed by atoms with van der Waals surface area (Å²) in [4.78, 5) is 14.5. The number of carbonyl (C=O) groups excluding carboxylic acids is 1. The van der Waals surface area contributed by atoms with Gasteiger partial charge in [-0.25, -0.2) is 18.0 Å². The molecule has 1 aromatic heterocycles. The maximum Gasteiger partial charge on any atom is 0.322 e. The maximum absolute atomic E-state index is 14.2. The number of nitrogens with one attached hydrogen (secondary N) is 1. The molecular formula is C26H22F3N3O2. The Morgan fingerprint density at radius 3 is 2.24 bits per heavy atom. The number of carbonyl (C=O) groups is 1. The van der Waals surface area contributed by atoms with Crippen molar-refractivity contribution >= 4 is 11.7 Å². The molecule has 0 aliphatic rings. The van der Waals surface area contributed by atoms with E-state index >= 15 is 0 Å². The van der Waals surface area contributed by atoms with Crippen molar-refractivity contribution in [2.45, 2.75) is 13.1 Å². The summed E-state index contributed by atoms with van der Waals surface area (Å²) in [5.74, 6) is -2.73. The number of aromatic nitrogens is 1. The Balaban J connectivity index is 1.62. The zero-order valence-electron chi connectivity index (χ0n) is 18.3. The zero-order chi connectivity index (χ0) is 24.1. The summed E-state index contributed by atoms with van der Waals surface area (Å²) >= 11 is 0. The molecule has 0 atom stereocenters. The van der Waals surface area contributed by atoms with Crippen LogP contribution in [0, 0.1) is 17.5 Å². The van der Waals surface area contributed by atoms with Crippen LogP contribution in [-0.2, 0) is 13.1 Å². The lowest BCUT2D eigenvalue weighted by Crippen LogP contribution is -2.35. The minimum absolute atomic E-state index is 0.143. The number of hydrogen-bond acceptors (Lipinski definition) is 2. The zero-order valence-corrected chi connectivity index (χ0v) is 18.3. The number of methoxy groups -OCH3 is 1. The summed E-state index contributed by atoms with van der Waals surface area (Å²) in [5.41, 5.74) is 1.77. The summed E-state index contributed by atoms with van der Waals surface area (Å²) in [6, 6.07) is 20.7. The van der Waals surface area contributed by atoms with Gasteiger partial charge in [-0.2, -0.15) is 0 Å². The third-order valence-electron chi connectivity index (χ3n) is 5.28. The third-order valence-corrected chi connectivity index (χ3v) is 5.28. The van der Waals surface area contributed by atoms with Crippen molar-refractivity contribution in [2.75, 3.05) is 12.4 Å². The SMILES string of the molecule is COc1ccc(-n2cccc2CN(Cc2ccccc2)C(=O)Nc2c(F)cc(F)cc2F)cc1. The number of anilines is 1. The number of urea groups is 1. The van der Waals surface area contributed by atoms with E-state index in [-0.39, 0.29) is 13.1 Å². The fourth-order valence-corrected chi connectivity index (χ4v) is 3.59. The standard InChI is InChI=1S/C26H22F3N3O2/c1-34-22-11-9-20(10-12-22)32-13-5-8-21(32)17-31(16-18-6-3-2-4-7-18)26(33)30-25-23(28)14-19(27)15-24(25)29/h2-15H,16-17H2,1H3,(H,30,33). The molecule has 0 bridgehead atoms. The van der Waals surface area contributed by atoms with E-state index in [9.17, 15) is 18.0 Å². The Bertz CT molecular complexity index is 1250. The molecule has 0 fully saturated rings. The molecule has 0 saturated heterocycles. The van der Waals surface area contributed by atoms with Gasteiger partial charge in [0.05, 0.1) is 13.7 Å². The van der Waals surface area contributed by atoms with Gasteiger partial charge >= 0.3 is 6.03 Å². The van der Waals surface area contributed by atoms with Gasteiger partial charge in [0.2, 0.25) is 0 Å². The second-order valence-electron chi connectivity index (χ2n) is 7.58. The van der Waals surface area contributed by atoms with Gasteiger partial charge in [-0.3, -0.25) is 0 Å². The van der Waals surface area contributed by atoms with Crippen molar-refractivity contribution in [3.05, 3.63) is 114 Å². The van der Waals surface area contributed by atoms with E-state index in [1.807, 2.05) is 77.5 Å². The van der Waals surface area contributed by atoms with Crippen molar-refractivity contribution in [3.63, 3.8) is 0 Å². The second-order valence-corrected chi connectivity index (χ2v) is 7.58. The average Bonchev–Trinajstić information content (AvgIpc) is 3.29. The van der Waals surface area contributed by atoms with Crippen molar-refractivity contribution in [3.8, 4) is 11.4 Å². The van der Waals surface area contributed by atoms with E-state index < -0.39 is 29.2 Å². The van der Waals surface area contributed by atoms with Gasteiger partial charge in [-0.15, -0.1) is 0 Å². The van der Waals surface area contributed by atoms with Crippen LogP contribution in [0.4, 0.5) is 23.7 Å². The Morgan fingerprint density at radius 1 is 0.912 bits per heavy atom. The van der Waals surface area contributed by atoms with Crippen LogP contribution < -0.4 is 10.1 Å². The number of benzene rings is 3. The van der Waals surface area contributed by atoms with E-state index in [4.69, 9.17) is 4.74 Å². The van der Waals surface area contributed by atoms with Gasteiger partial charge in [0.1, 0.15) is 17.3 Å². The maximum atomic E-state index is 14.2. The first kappa shape index (κ1) is 23.0. The summed E-state index contributed by atoms with van der Waals surface area (Å²) in [7, 11) is 1.59. The largest absolute Gasteiger partial charge is 0.497 e. The lowest BCUT2D eigenvalue weighted by molar-refractivity contribution is 0.205. The number of halogens is 3. The molecule has 0 saturated carbocycles. The lowest BCUT2D eigenvalue weighted by Gasteiger charge is -2.24. The molecule has 4 aromatic rings. The molecular weight excluding hydrogens is 443 g/mol. The van der Waals surface area contributed by atoms with Crippen LogP contribution in [0.5, 0.6) is 5.75 Å². The van der Waals surface area contributed by atoms with Crippen molar-refractivity contribution < 1.29 is 22.7 Å². The molecule has 0 radical (unpaired) electrons. The highest BCUT2D eigenvalue weighted by molar-refractivity contribution is 5.89. The first-order valence-corrected chi connectivity index (χ1v) is 10.5. The topological polar surface area (TPSA) is 46.5 Å². The molecule has 0 spiro atoms. The molecule has 174 valence electrons. The van der Waals surface area contributed by atoms with Crippen LogP contribution in [0.1, 0.15) is 11.3 Å². The average molecular weight is 465 g/mol. The Labute approximate surface area is 195 Å². The number of ether oxygens (including phenoxy) is 1. The minimum atomic E-state index is -1.19. The van der Waals surface area contributed by atoms with Gasteiger partial charge in [0.25, 0.3) is 0 Å². The van der Waals surface area contributed by atoms with Gasteiger partial charge in [-0.05, 0) is 42.0 Å². The first-order valence-electron chi connectivity index (χ1n) is 10.5. The fourth-order valence-electron chi connectivity index (χ4n) is 3.59. The third kappa shape index (κ3) is 5.23. The summed E-state index contributed by atoms with van der Waals surface area (Å²) in [5, 5.41) is 2.26. The molecule has 4 rings (SSSR count). The highest BCUT2D eigenvalue weighted by atomic mass is 19.1. The Morgan fingerprint density at radius 2 is 1.59 bits per heavy atom. The molecule has 0 aliphatic heterocycles. The van der Waals surface area contributed by atoms with Crippen LogP contribution in [-0.4, -0.2) is 22.6 Å². The predicted octanol–water partition coefficient (Wildman–Crippen LogP) is 6.14. The van der Waals surface area contributed by atoms with Crippen molar-refractivity contribution in [2.24, 2.45) is 0 Å². The van der Waals surface area contributed by atoms with Crippen LogP contribution in [0.25, 0.3) is 5.69 Å². The fraction of sp³-hybridized carbons (Fsp3) is 0.115. The van der Waals surface area contributed by atoms with E-state index in [0.29, 0.717) is 17.9 Å². The quantitative estimate of drug-likeness (QED) is 0.357. The first-order chi connectivity index (χ1) is 16.4. The molecule has 2 amide bonds. The molecule has 3 aromatic carbocycles. The van der Waals surface area contributed by atoms with Crippen LogP contribution >= 0.6 is 0 Å². The van der Waals surface area contributed by atoms with Crippen LogP contribution in [0.2, 0.25) is 0 Å². The smallest absolute Gasteiger partial charge is 0.322 e. The van der Waals surface area contributed by atoms with E-state index in [2.05, 4.69) is 5.32 Å². The highest BCUT2D eigenvalue weighted by Crippen LogP contribution is 2.23. The Hall–Kier alpha value is -4.20. The Kier molecular flexibility index (Phi) is 6.87. The van der Waals surface area contributed by atoms with E-state index in [0.717, 1.165) is 16.9 Å². The molecule has 0 aliphatic carbocycles. The monoisotopic (exact) mass is 465 g/mol. The highest BCUT2D eigenvalue weighted by Gasteiger charge is 2.21. The van der Waals surface area contributed by atoms with E-state index in [1.54, 1.807) is 7.11 Å². The van der Waals surface area contributed by atoms with Crippen LogP contribution in [0.15, 0.2) is 85.1 Å². The number of amides is 2. The second kappa shape index (κ2) is 10.2. The lowest BCUT2D eigenvalue weighted by atomic mass is 10.2. The summed E-state index contributed by atoms with van der Waals surface area (Å²) < 4.78 is 48.7. The number of rotatable bonds is 7. The number of nitrogens with zero attached hydrogens (tertiary/aromatic N) is 2. The molecule has 34 heavy (non-hydrogen) atoms. The number of hydrogen-bond donors (Lipinski definition) is 1. The van der Waals surface area contributed by atoms with Gasteiger partial charge in [-0.1, -0.05) is 30.3 Å². The van der Waals surface area contributed by atoms with Gasteiger partial charge in [0.15, 0.2) is 11.6 Å². The summed E-state index contributed by atoms with van der Waals surface area (Å²) in [6.07, 6.45) is 1.86. The predicted molar refractivity (Wildman–Crippen MR) is 123 cm³/mol. The van der Waals surface area contributed by atoms with Crippen LogP contribution in [0.3, 0.4) is 0 Å². The molecule has 8 heteroatoms. The van der Waals surface area contributed by atoms with E-state index in [1.165, 1.54) is 4.90 Å². The normalized spacial score (nSPS) is 10.7. The van der Waals surface area contributed by atoms with Crippen molar-refractivity contribution in [1.82, 2.24) is 9.47 Å². The molecule has 0 unspecified atom stereocenters. The molecule has 1 N–H and O–H groups in total.